The zero-order valence-corrected chi connectivity index (χ0v) is 83.1. The predicted octanol–water partition coefficient (Wildman–Crippen LogP) is 21.7. The summed E-state index contributed by atoms with van der Waals surface area (Å²) in [7, 11) is 5.95. The van der Waals surface area contributed by atoms with Crippen LogP contribution in [-0.4, -0.2) is 170 Å². The number of aliphatic hydroxyl groups excluding tert-OH is 3. The molecule has 1 unspecified atom stereocenters. The van der Waals surface area contributed by atoms with Gasteiger partial charge in [0.1, 0.15) is 29.0 Å². The molecule has 0 bridgehead atoms. The zero-order valence-electron chi connectivity index (χ0n) is 76.6. The molecule has 1 saturated heterocycles. The number of thiophene rings is 6. The molecule has 3 fully saturated rings. The van der Waals surface area contributed by atoms with Gasteiger partial charge in [0.2, 0.25) is 5.95 Å². The van der Waals surface area contributed by atoms with Crippen LogP contribution in [0.15, 0.2) is 42.6 Å². The Hall–Kier alpha value is -9.92. The molecule has 0 spiro atoms. The smallest absolute Gasteiger partial charge is 0.228 e. The van der Waals surface area contributed by atoms with Crippen molar-refractivity contribution in [3.63, 3.8) is 0 Å². The van der Waals surface area contributed by atoms with Crippen molar-refractivity contribution in [2.45, 2.75) is 206 Å². The molecule has 28 nitrogen and oxygen atoms in total. The number of halogens is 1. The molecule has 2 aliphatic carbocycles. The summed E-state index contributed by atoms with van der Waals surface area (Å²) in [5, 5.41) is 81.2. The predicted molar refractivity (Wildman–Crippen MR) is 543 cm³/mol. The fraction of sp³-hybridized carbons (Fsp3) is 0.441. The molecule has 2 saturated carbocycles. The van der Waals surface area contributed by atoms with Crippen molar-refractivity contribution in [3.05, 3.63) is 127 Å². The van der Waals surface area contributed by atoms with Gasteiger partial charge in [-0.05, 0) is 231 Å². The summed E-state index contributed by atoms with van der Waals surface area (Å²) in [5.74, 6) is 8.33. The average Bonchev–Trinajstić information content (AvgIpc) is 1.54. The Morgan fingerprint density at radius 3 is 1.26 bits per heavy atom. The zero-order chi connectivity index (χ0) is 90.8. The SMILES string of the molecule is Cc1cc(C)c2c(n1)sc1c(C)nn(C)c12.Cc1cc(C)c2c(n1)sc1c(NC(C)C)nn(CCO)c12.Cc1cc(C)c2c(n1)sc1c(NC3CCCCC3)nn(CCO)c12.Cc1cc(C)c2c(n1)sc1c(NC3CCCSC3)nn(CCO)c12.Cc1cc(C)c2c(n1)sc1c(NCC3CC3)nn(C)c12.Cc1ccnc(Nc2nn(C)c3c2sc2nc(C)c(Cl)c(C)c23)n1. The van der Waals surface area contributed by atoms with Crippen molar-refractivity contribution in [1.29, 1.82) is 0 Å². The van der Waals surface area contributed by atoms with Gasteiger partial charge in [0.05, 0.1) is 117 Å². The first-order valence-corrected chi connectivity index (χ1v) is 50.6. The maximum Gasteiger partial charge on any atom is 0.228 e. The number of thioether (sulfide) groups is 1. The number of aryl methyl sites for hydroxylation is 17. The minimum atomic E-state index is 0.0770. The highest BCUT2D eigenvalue weighted by Crippen LogP contribution is 2.47. The van der Waals surface area contributed by atoms with Crippen LogP contribution < -0.4 is 26.6 Å². The first kappa shape index (κ1) is 91.0. The molecule has 0 amide bonds. The highest BCUT2D eigenvalue weighted by molar-refractivity contribution is 7.99. The van der Waals surface area contributed by atoms with Gasteiger partial charge in [-0.25, -0.2) is 39.9 Å². The molecule has 129 heavy (non-hydrogen) atoms. The summed E-state index contributed by atoms with van der Waals surface area (Å²) in [6, 6.07) is 13.8. The van der Waals surface area contributed by atoms with Gasteiger partial charge in [0, 0.05) is 124 Å². The van der Waals surface area contributed by atoms with Crippen molar-refractivity contribution in [2.24, 2.45) is 27.1 Å². The van der Waals surface area contributed by atoms with E-state index in [1.165, 1.54) is 138 Å². The summed E-state index contributed by atoms with van der Waals surface area (Å²) in [6.07, 6.45) is 13.3. The lowest BCUT2D eigenvalue weighted by Gasteiger charge is -2.22. The molecule has 22 rings (SSSR count). The molecule has 3 aliphatic rings. The van der Waals surface area contributed by atoms with E-state index in [9.17, 15) is 15.3 Å². The fourth-order valence-corrected chi connectivity index (χ4v) is 26.6. The first-order chi connectivity index (χ1) is 62.0. The largest absolute Gasteiger partial charge is 0.394 e. The monoisotopic (exact) mass is 1890 g/mol. The molecule has 0 aromatic carbocycles. The van der Waals surface area contributed by atoms with E-state index in [0.717, 1.165) is 174 Å². The molecule has 1 aliphatic heterocycles. The Morgan fingerprint density at radius 2 is 0.806 bits per heavy atom. The summed E-state index contributed by atoms with van der Waals surface area (Å²) in [6.45, 7) is 35.8. The Kier molecular flexibility index (Phi) is 26.9. The van der Waals surface area contributed by atoms with Crippen LogP contribution in [0.5, 0.6) is 0 Å². The summed E-state index contributed by atoms with van der Waals surface area (Å²) >= 11 is 18.6. The normalized spacial score (nSPS) is 14.4. The maximum atomic E-state index is 9.44. The number of hydrogen-bond donors (Lipinski definition) is 8. The molecular weight excluding hydrogens is 1780 g/mol. The minimum Gasteiger partial charge on any atom is -0.394 e. The van der Waals surface area contributed by atoms with Gasteiger partial charge in [-0.3, -0.25) is 28.1 Å². The third kappa shape index (κ3) is 18.5. The number of rotatable bonds is 17. The lowest BCUT2D eigenvalue weighted by atomic mass is 9.95. The van der Waals surface area contributed by atoms with Gasteiger partial charge < -0.3 is 41.9 Å². The van der Waals surface area contributed by atoms with E-state index in [0.29, 0.717) is 48.7 Å². The fourth-order valence-electron chi connectivity index (χ4n) is 17.9. The van der Waals surface area contributed by atoms with Crippen LogP contribution in [0.1, 0.15) is 151 Å². The molecule has 676 valence electrons. The third-order valence-electron chi connectivity index (χ3n) is 23.7. The van der Waals surface area contributed by atoms with E-state index >= 15 is 0 Å². The number of hydrogen-bond acceptors (Lipinski definition) is 29. The van der Waals surface area contributed by atoms with Gasteiger partial charge in [0.25, 0.3) is 0 Å². The third-order valence-corrected chi connectivity index (χ3v) is 32.0. The van der Waals surface area contributed by atoms with E-state index in [-0.39, 0.29) is 19.8 Å². The first-order valence-electron chi connectivity index (χ1n) is 44.2. The summed E-state index contributed by atoms with van der Waals surface area (Å²) in [5.41, 5.74) is 22.2. The molecule has 36 heteroatoms. The number of nitrogens with one attached hydrogen (secondary N) is 5. The Balaban J connectivity index is 0.000000109. The van der Waals surface area contributed by atoms with Crippen molar-refractivity contribution in [1.82, 2.24) is 98.6 Å². The molecule has 1 atom stereocenters. The Labute approximate surface area is 781 Å². The van der Waals surface area contributed by atoms with E-state index in [1.54, 1.807) is 74.2 Å². The number of aromatic nitrogens is 20. The number of aliphatic hydroxyl groups is 3. The lowest BCUT2D eigenvalue weighted by Crippen LogP contribution is -2.26. The molecule has 19 aromatic rings. The number of nitrogens with zero attached hydrogens (tertiary/aromatic N) is 20. The average molecular weight is 1890 g/mol. The van der Waals surface area contributed by atoms with Crippen molar-refractivity contribution in [2.75, 3.05) is 64.5 Å². The second-order valence-corrected chi connectivity index (χ2v) is 42.2. The van der Waals surface area contributed by atoms with Gasteiger partial charge in [-0.1, -0.05) is 30.9 Å². The Bertz CT molecular complexity index is 7270. The van der Waals surface area contributed by atoms with E-state index < -0.39 is 0 Å². The minimum absolute atomic E-state index is 0.0770. The Morgan fingerprint density at radius 1 is 0.411 bits per heavy atom. The standard InChI is InChI=1S/C18H24N4OS.C17H22N4OS2.C16H15ClN6S.C15H20N4OS.C15H18N4S.C12H13N3S/c1-11-10-12(2)19-18-14(11)15-16(24-18)17(21-22(15)8-9-23)20-13-6-4-3-5-7-13;1-10-8-11(2)18-17-13(10)14-15(24-17)16(20-21(14)5-6-22)19-12-4-3-7-23-9-12;1-7-5-6-18-16(19-7)21-14-13-12(23(4)22-14)10-8(2)11(17)9(3)20-15(10)24-13;1-8(2)16-14-13-12(19(18-14)5-6-20)11-9(3)7-10(4)17-15(11)21-13;1-8-6-9(2)17-15-11(8)12-13(20-15)14(18-19(12)3)16-7-10-4-5-10;1-6-5-7(2)13-12-9(6)10-11(16-12)8(3)14-15(10)4/h10,13,23H,3-9H2,1-2H3,(H,20,21);8,12,22H,3-7,9H2,1-2H3,(H,19,20);5-6H,1-4H3,(H,18,19,21,22);7-8,20H,5-6H2,1-4H3,(H,16,18);6,10H,4-5,7H2,1-3H3,(H,16,18);5H,1-4H3. The highest BCUT2D eigenvalue weighted by Gasteiger charge is 2.29. The van der Waals surface area contributed by atoms with Gasteiger partial charge in [-0.15, -0.1) is 68.0 Å². The van der Waals surface area contributed by atoms with Crippen LogP contribution in [0.2, 0.25) is 5.02 Å². The van der Waals surface area contributed by atoms with Gasteiger partial charge in [-0.2, -0.15) is 42.4 Å². The second kappa shape index (κ2) is 38.1. The molecule has 8 N–H and O–H groups in total. The van der Waals surface area contributed by atoms with Crippen LogP contribution in [0.25, 0.3) is 123 Å². The molecular formula is C93H112ClN25O3S7. The molecule has 19 aromatic heterocycles. The van der Waals surface area contributed by atoms with E-state index in [4.69, 9.17) is 31.8 Å². The van der Waals surface area contributed by atoms with Crippen LogP contribution in [-0.2, 0) is 40.8 Å². The molecule has 20 heterocycles. The summed E-state index contributed by atoms with van der Waals surface area (Å²) < 4.78 is 18.6. The van der Waals surface area contributed by atoms with E-state index in [1.807, 2.05) is 116 Å². The number of fused-ring (bicyclic) bond motifs is 18. The lowest BCUT2D eigenvalue weighted by molar-refractivity contribution is 0.271. The molecule has 0 radical (unpaired) electrons. The van der Waals surface area contributed by atoms with Crippen LogP contribution in [0.3, 0.4) is 0 Å². The number of anilines is 6. The van der Waals surface area contributed by atoms with Crippen LogP contribution in [0, 0.1) is 103 Å². The van der Waals surface area contributed by atoms with E-state index in [2.05, 4.69) is 170 Å². The van der Waals surface area contributed by atoms with Crippen LogP contribution in [0.4, 0.5) is 35.0 Å². The van der Waals surface area contributed by atoms with Gasteiger partial charge in [0.15, 0.2) is 29.1 Å². The summed E-state index contributed by atoms with van der Waals surface area (Å²) in [4.78, 5) is 43.0. The number of pyridine rings is 6. The second-order valence-electron chi connectivity index (χ2n) is 34.6. The van der Waals surface area contributed by atoms with Crippen LogP contribution >= 0.6 is 91.4 Å². The topological polar surface area (TPSA) is 331 Å². The highest BCUT2D eigenvalue weighted by atomic mass is 35.5. The van der Waals surface area contributed by atoms with Crippen molar-refractivity contribution < 1.29 is 15.3 Å². The van der Waals surface area contributed by atoms with Crippen molar-refractivity contribution >= 4 is 249 Å². The quantitative estimate of drug-likeness (QED) is 0.0420. The maximum absolute atomic E-state index is 9.44. The van der Waals surface area contributed by atoms with Gasteiger partial charge >= 0.3 is 0 Å². The van der Waals surface area contributed by atoms with Crippen molar-refractivity contribution in [3.8, 4) is 0 Å².